The molecule has 0 fully saturated rings. The Hall–Kier alpha value is -2.41. The summed E-state index contributed by atoms with van der Waals surface area (Å²) in [7, 11) is -3.98. The lowest BCUT2D eigenvalue weighted by Crippen LogP contribution is -2.15. The predicted molar refractivity (Wildman–Crippen MR) is 106 cm³/mol. The minimum absolute atomic E-state index is 0.0631. The molecule has 1 amide bonds. The number of carbonyl (C=O) groups is 1. The van der Waals surface area contributed by atoms with Crippen molar-refractivity contribution >= 4 is 44.7 Å². The summed E-state index contributed by atoms with van der Waals surface area (Å²) < 4.78 is 75.4. The van der Waals surface area contributed by atoms with Gasteiger partial charge in [0.05, 0.1) is 16.8 Å². The number of alkyl halides is 3. The summed E-state index contributed by atoms with van der Waals surface area (Å²) in [6, 6.07) is 9.10. The third-order valence-corrected chi connectivity index (χ3v) is 7.14. The number of rotatable bonds is 5. The van der Waals surface area contributed by atoms with Gasteiger partial charge < -0.3 is 5.32 Å². The molecule has 1 aromatic heterocycles. The van der Waals surface area contributed by atoms with E-state index in [9.17, 15) is 30.8 Å². The van der Waals surface area contributed by atoms with Gasteiger partial charge in [-0.05, 0) is 42.5 Å². The Morgan fingerprint density at radius 2 is 1.83 bits per heavy atom. The molecule has 0 aliphatic rings. The van der Waals surface area contributed by atoms with Crippen molar-refractivity contribution in [2.45, 2.75) is 20.2 Å². The van der Waals surface area contributed by atoms with E-state index in [2.05, 4.69) is 5.32 Å². The first-order valence-corrected chi connectivity index (χ1v) is 11.2. The highest BCUT2D eigenvalue weighted by molar-refractivity contribution is 7.99. The van der Waals surface area contributed by atoms with E-state index in [4.69, 9.17) is 5.14 Å². The molecule has 5 nitrogen and oxygen atoms in total. The molecular formula is C18H12F4N2O3S3. The third kappa shape index (κ3) is 5.39. The van der Waals surface area contributed by atoms with Gasteiger partial charge in [0.2, 0.25) is 10.0 Å². The third-order valence-electron chi connectivity index (χ3n) is 3.69. The van der Waals surface area contributed by atoms with Crippen LogP contribution in [0.3, 0.4) is 0 Å². The molecule has 0 aliphatic carbocycles. The van der Waals surface area contributed by atoms with Gasteiger partial charge in [0.1, 0.15) is 10.0 Å². The second-order valence-corrected chi connectivity index (χ2v) is 9.74. The standard InChI is InChI=1S/C18H12F4N2O3S3/c19-11-2-1-3-13(7-11)29-15-5-4-10(18(20,21)22)6-14(15)17(25)24-12-8-16(28-9-12)30(23,26)27/h1-9H,(H,24,25)(H2,23,26,27). The van der Waals surface area contributed by atoms with E-state index in [0.29, 0.717) is 11.0 Å². The zero-order valence-corrected chi connectivity index (χ0v) is 17.2. The molecule has 0 bridgehead atoms. The highest BCUT2D eigenvalue weighted by atomic mass is 32.2. The van der Waals surface area contributed by atoms with Gasteiger partial charge in [-0.2, -0.15) is 13.2 Å². The molecule has 0 saturated heterocycles. The van der Waals surface area contributed by atoms with Gasteiger partial charge in [0.15, 0.2) is 0 Å². The summed E-state index contributed by atoms with van der Waals surface area (Å²) in [6.45, 7) is 0. The SMILES string of the molecule is NS(=O)(=O)c1cc(NC(=O)c2cc(C(F)(F)F)ccc2Sc2cccc(F)c2)cs1. The number of nitrogens with one attached hydrogen (secondary N) is 1. The highest BCUT2D eigenvalue weighted by Crippen LogP contribution is 2.36. The summed E-state index contributed by atoms with van der Waals surface area (Å²) in [5.74, 6) is -1.43. The van der Waals surface area contributed by atoms with Crippen LogP contribution >= 0.6 is 23.1 Å². The molecule has 3 N–H and O–H groups in total. The van der Waals surface area contributed by atoms with E-state index in [1.54, 1.807) is 6.07 Å². The maximum absolute atomic E-state index is 13.4. The second kappa shape index (κ2) is 8.38. The number of sulfonamides is 1. The maximum Gasteiger partial charge on any atom is 0.416 e. The summed E-state index contributed by atoms with van der Waals surface area (Å²) >= 11 is 1.67. The first-order chi connectivity index (χ1) is 13.9. The fraction of sp³-hybridized carbons (Fsp3) is 0.0556. The lowest BCUT2D eigenvalue weighted by atomic mass is 10.1. The molecule has 3 rings (SSSR count). The molecular weight excluding hydrogens is 464 g/mol. The molecule has 3 aromatic rings. The minimum Gasteiger partial charge on any atom is -0.321 e. The van der Waals surface area contributed by atoms with Crippen molar-refractivity contribution in [1.82, 2.24) is 0 Å². The zero-order valence-electron chi connectivity index (χ0n) is 14.7. The largest absolute Gasteiger partial charge is 0.416 e. The number of carbonyl (C=O) groups excluding carboxylic acids is 1. The first-order valence-electron chi connectivity index (χ1n) is 8.01. The van der Waals surface area contributed by atoms with Crippen LogP contribution in [-0.2, 0) is 16.2 Å². The number of anilines is 1. The van der Waals surface area contributed by atoms with Gasteiger partial charge >= 0.3 is 6.18 Å². The number of thiophene rings is 1. The number of hydrogen-bond donors (Lipinski definition) is 2. The number of primary sulfonamides is 1. The van der Waals surface area contributed by atoms with Crippen molar-refractivity contribution in [1.29, 1.82) is 0 Å². The number of benzene rings is 2. The Balaban J connectivity index is 1.97. The average molecular weight is 476 g/mol. The fourth-order valence-electron chi connectivity index (χ4n) is 2.36. The van der Waals surface area contributed by atoms with Crippen LogP contribution in [0.15, 0.2) is 67.9 Å². The van der Waals surface area contributed by atoms with Gasteiger partial charge in [-0.25, -0.2) is 17.9 Å². The summed E-state index contributed by atoms with van der Waals surface area (Å²) in [5, 5.41) is 8.67. The molecule has 2 aromatic carbocycles. The van der Waals surface area contributed by atoms with Gasteiger partial charge in [-0.15, -0.1) is 11.3 Å². The van der Waals surface area contributed by atoms with E-state index in [0.717, 1.165) is 41.3 Å². The fourth-order valence-corrected chi connectivity index (χ4v) is 4.87. The van der Waals surface area contributed by atoms with Crippen LogP contribution in [0.25, 0.3) is 0 Å². The topological polar surface area (TPSA) is 89.3 Å². The van der Waals surface area contributed by atoms with Crippen molar-refractivity contribution < 1.29 is 30.8 Å². The van der Waals surface area contributed by atoms with Gasteiger partial charge in [0.25, 0.3) is 5.91 Å². The van der Waals surface area contributed by atoms with Crippen LogP contribution in [0.5, 0.6) is 0 Å². The lowest BCUT2D eigenvalue weighted by Gasteiger charge is -2.13. The van der Waals surface area contributed by atoms with E-state index >= 15 is 0 Å². The van der Waals surface area contributed by atoms with Crippen molar-refractivity contribution in [3.63, 3.8) is 0 Å². The molecule has 0 aliphatic heterocycles. The normalized spacial score (nSPS) is 12.0. The van der Waals surface area contributed by atoms with Gasteiger partial charge in [0, 0.05) is 15.2 Å². The average Bonchev–Trinajstić information content (AvgIpc) is 3.10. The minimum atomic E-state index is -4.68. The Labute approximate surface area is 177 Å². The summed E-state index contributed by atoms with van der Waals surface area (Å²) in [5.41, 5.74) is -1.28. The van der Waals surface area contributed by atoms with Gasteiger partial charge in [-0.1, -0.05) is 17.8 Å². The van der Waals surface area contributed by atoms with Crippen LogP contribution in [0.2, 0.25) is 0 Å². The smallest absolute Gasteiger partial charge is 0.321 e. The molecule has 0 spiro atoms. The molecule has 158 valence electrons. The zero-order chi connectivity index (χ0) is 22.1. The van der Waals surface area contributed by atoms with Crippen molar-refractivity contribution in [2.75, 3.05) is 5.32 Å². The molecule has 0 saturated carbocycles. The van der Waals surface area contributed by atoms with E-state index in [-0.39, 0.29) is 20.4 Å². The van der Waals surface area contributed by atoms with Crippen LogP contribution in [0, 0.1) is 5.82 Å². The van der Waals surface area contributed by atoms with E-state index in [1.807, 2.05) is 0 Å². The molecule has 0 radical (unpaired) electrons. The number of nitrogens with two attached hydrogens (primary N) is 1. The molecule has 0 atom stereocenters. The molecule has 1 heterocycles. The van der Waals surface area contributed by atoms with Crippen LogP contribution < -0.4 is 10.5 Å². The number of amides is 1. The second-order valence-electron chi connectivity index (χ2n) is 5.92. The van der Waals surface area contributed by atoms with Crippen molar-refractivity contribution in [3.05, 3.63) is 70.9 Å². The van der Waals surface area contributed by atoms with Crippen LogP contribution in [0.1, 0.15) is 15.9 Å². The number of hydrogen-bond acceptors (Lipinski definition) is 5. The number of halogens is 4. The Kier molecular flexibility index (Phi) is 6.22. The maximum atomic E-state index is 13.4. The Morgan fingerprint density at radius 1 is 1.10 bits per heavy atom. The monoisotopic (exact) mass is 476 g/mol. The van der Waals surface area contributed by atoms with E-state index in [1.165, 1.54) is 23.6 Å². The predicted octanol–water partition coefficient (Wildman–Crippen LogP) is 4.96. The van der Waals surface area contributed by atoms with Crippen molar-refractivity contribution in [3.8, 4) is 0 Å². The van der Waals surface area contributed by atoms with Crippen LogP contribution in [-0.4, -0.2) is 14.3 Å². The molecule has 30 heavy (non-hydrogen) atoms. The van der Waals surface area contributed by atoms with Crippen molar-refractivity contribution in [2.24, 2.45) is 5.14 Å². The Morgan fingerprint density at radius 3 is 2.43 bits per heavy atom. The summed E-state index contributed by atoms with van der Waals surface area (Å²) in [6.07, 6.45) is -4.68. The Bertz CT molecular complexity index is 1210. The first kappa shape index (κ1) is 22.3. The highest BCUT2D eigenvalue weighted by Gasteiger charge is 2.32. The molecule has 12 heteroatoms. The van der Waals surface area contributed by atoms with Crippen LogP contribution in [0.4, 0.5) is 23.2 Å². The lowest BCUT2D eigenvalue weighted by molar-refractivity contribution is -0.137. The quantitative estimate of drug-likeness (QED) is 0.510. The summed E-state index contributed by atoms with van der Waals surface area (Å²) in [4.78, 5) is 13.2. The van der Waals surface area contributed by atoms with E-state index < -0.39 is 33.5 Å². The van der Waals surface area contributed by atoms with Gasteiger partial charge in [-0.3, -0.25) is 4.79 Å². The molecule has 0 unspecified atom stereocenters.